The summed E-state index contributed by atoms with van der Waals surface area (Å²) in [5.74, 6) is 6.11. The van der Waals surface area contributed by atoms with Crippen molar-refractivity contribution in [2.24, 2.45) is 5.84 Å². The summed E-state index contributed by atoms with van der Waals surface area (Å²) in [4.78, 5) is 18.0. The summed E-state index contributed by atoms with van der Waals surface area (Å²) in [6, 6.07) is 6.99. The number of nitrogens with zero attached hydrogens (tertiary/aromatic N) is 3. The van der Waals surface area contributed by atoms with Gasteiger partial charge in [0.1, 0.15) is 11.6 Å². The molecule has 2 rings (SSSR count). The summed E-state index contributed by atoms with van der Waals surface area (Å²) in [7, 11) is 1.87. The van der Waals surface area contributed by atoms with Crippen molar-refractivity contribution in [3.63, 3.8) is 0 Å². The van der Waals surface area contributed by atoms with Gasteiger partial charge >= 0.3 is 0 Å². The van der Waals surface area contributed by atoms with Gasteiger partial charge in [0.25, 0.3) is 5.69 Å². The van der Waals surface area contributed by atoms with Crippen LogP contribution in [0.4, 0.5) is 17.3 Å². The summed E-state index contributed by atoms with van der Waals surface area (Å²) in [5.41, 5.74) is 2.32. The first kappa shape index (κ1) is 15.2. The average molecular weight is 307 g/mol. The molecular formula is C13H17N5O2S. The van der Waals surface area contributed by atoms with Crippen molar-refractivity contribution in [1.82, 2.24) is 4.98 Å². The van der Waals surface area contributed by atoms with Crippen molar-refractivity contribution in [1.29, 1.82) is 0 Å². The lowest BCUT2D eigenvalue weighted by atomic mass is 10.2. The number of hydrogen-bond donors (Lipinski definition) is 2. The zero-order chi connectivity index (χ0) is 15.4. The molecule has 0 aliphatic heterocycles. The van der Waals surface area contributed by atoms with Crippen LogP contribution < -0.4 is 16.2 Å². The number of pyridine rings is 1. The smallest absolute Gasteiger partial charge is 0.276 e. The number of rotatable bonds is 6. The van der Waals surface area contributed by atoms with E-state index < -0.39 is 4.92 Å². The minimum Gasteiger partial charge on any atom is -0.356 e. The van der Waals surface area contributed by atoms with Gasteiger partial charge in [-0.15, -0.1) is 11.3 Å². The van der Waals surface area contributed by atoms with Gasteiger partial charge < -0.3 is 10.3 Å². The van der Waals surface area contributed by atoms with E-state index in [4.69, 9.17) is 5.84 Å². The van der Waals surface area contributed by atoms with Gasteiger partial charge in [-0.2, -0.15) is 0 Å². The van der Waals surface area contributed by atoms with Gasteiger partial charge in [0.05, 0.1) is 17.1 Å². The zero-order valence-electron chi connectivity index (χ0n) is 11.8. The molecule has 2 heterocycles. The number of hydrazine groups is 1. The first-order chi connectivity index (χ1) is 10.0. The van der Waals surface area contributed by atoms with E-state index in [2.05, 4.69) is 23.4 Å². The molecule has 21 heavy (non-hydrogen) atoms. The number of nitrogen functional groups attached to an aromatic ring is 1. The van der Waals surface area contributed by atoms with E-state index in [0.717, 1.165) is 6.42 Å². The third-order valence-corrected chi connectivity index (χ3v) is 4.15. The van der Waals surface area contributed by atoms with Crippen molar-refractivity contribution >= 4 is 28.7 Å². The van der Waals surface area contributed by atoms with Crippen LogP contribution in [0.3, 0.4) is 0 Å². The molecule has 0 fully saturated rings. The van der Waals surface area contributed by atoms with Crippen molar-refractivity contribution in [3.05, 3.63) is 44.6 Å². The molecule has 0 aromatic carbocycles. The highest BCUT2D eigenvalue weighted by molar-refractivity contribution is 7.09. The fourth-order valence-electron chi connectivity index (χ4n) is 1.94. The lowest BCUT2D eigenvalue weighted by Gasteiger charge is -2.25. The fraction of sp³-hybridized carbons (Fsp3) is 0.308. The number of nitro groups is 1. The second-order valence-electron chi connectivity index (χ2n) is 4.71. The standard InChI is InChI=1S/C13H17N5O2S/c1-9(6-11-4-3-5-21-11)17(2)13-8-10(18(19)20)7-12(15-13)16-14/h3-5,7-9H,6,14H2,1-2H3,(H,15,16). The van der Waals surface area contributed by atoms with Crippen molar-refractivity contribution < 1.29 is 4.92 Å². The number of aromatic nitrogens is 1. The Morgan fingerprint density at radius 3 is 2.90 bits per heavy atom. The summed E-state index contributed by atoms with van der Waals surface area (Å²) in [6.45, 7) is 2.05. The average Bonchev–Trinajstić information content (AvgIpc) is 2.98. The van der Waals surface area contributed by atoms with Gasteiger partial charge in [-0.25, -0.2) is 10.8 Å². The molecule has 8 heteroatoms. The summed E-state index contributed by atoms with van der Waals surface area (Å²) in [6.07, 6.45) is 0.851. The van der Waals surface area contributed by atoms with Crippen molar-refractivity contribution in [3.8, 4) is 0 Å². The van der Waals surface area contributed by atoms with Gasteiger partial charge in [-0.05, 0) is 18.4 Å². The highest BCUT2D eigenvalue weighted by Gasteiger charge is 2.17. The Labute approximate surface area is 126 Å². The summed E-state index contributed by atoms with van der Waals surface area (Å²) >= 11 is 1.69. The largest absolute Gasteiger partial charge is 0.356 e. The minimum absolute atomic E-state index is 0.0388. The first-order valence-corrected chi connectivity index (χ1v) is 7.27. The van der Waals surface area contributed by atoms with Crippen molar-refractivity contribution in [2.45, 2.75) is 19.4 Å². The van der Waals surface area contributed by atoms with E-state index in [9.17, 15) is 10.1 Å². The van der Waals surface area contributed by atoms with E-state index in [0.29, 0.717) is 5.82 Å². The minimum atomic E-state index is -0.455. The van der Waals surface area contributed by atoms with E-state index in [1.165, 1.54) is 17.0 Å². The van der Waals surface area contributed by atoms with E-state index in [1.807, 2.05) is 23.4 Å². The molecule has 3 N–H and O–H groups in total. The van der Waals surface area contributed by atoms with Gasteiger partial charge in [0.15, 0.2) is 0 Å². The highest BCUT2D eigenvalue weighted by Crippen LogP contribution is 2.24. The second-order valence-corrected chi connectivity index (χ2v) is 5.75. The molecule has 2 aromatic rings. The molecule has 0 spiro atoms. The normalized spacial score (nSPS) is 12.0. The molecule has 2 aromatic heterocycles. The molecule has 0 saturated heterocycles. The highest BCUT2D eigenvalue weighted by atomic mass is 32.1. The number of nitrogens with two attached hydrogens (primary N) is 1. The molecule has 0 radical (unpaired) electrons. The monoisotopic (exact) mass is 307 g/mol. The van der Waals surface area contributed by atoms with Gasteiger partial charge in [0.2, 0.25) is 0 Å². The Balaban J connectivity index is 2.22. The lowest BCUT2D eigenvalue weighted by Crippen LogP contribution is -2.31. The molecule has 1 unspecified atom stereocenters. The van der Waals surface area contributed by atoms with Gasteiger partial charge in [-0.1, -0.05) is 6.07 Å². The van der Waals surface area contributed by atoms with E-state index >= 15 is 0 Å². The van der Waals surface area contributed by atoms with Crippen LogP contribution in [-0.2, 0) is 6.42 Å². The molecule has 7 nitrogen and oxygen atoms in total. The SMILES string of the molecule is CC(Cc1cccs1)N(C)c1cc([N+](=O)[O-])cc(NN)n1. The zero-order valence-corrected chi connectivity index (χ0v) is 12.6. The molecule has 0 saturated carbocycles. The molecule has 1 atom stereocenters. The Kier molecular flexibility index (Phi) is 4.71. The Hall–Kier alpha value is -2.19. The predicted octanol–water partition coefficient (Wildman–Crippen LogP) is 2.40. The van der Waals surface area contributed by atoms with Gasteiger partial charge in [0, 0.05) is 24.4 Å². The van der Waals surface area contributed by atoms with Crippen molar-refractivity contribution in [2.75, 3.05) is 17.4 Å². The Bertz CT molecular complexity index is 617. The molecule has 0 aliphatic rings. The van der Waals surface area contributed by atoms with Gasteiger partial charge in [-0.3, -0.25) is 10.1 Å². The first-order valence-electron chi connectivity index (χ1n) is 6.39. The maximum absolute atomic E-state index is 11.0. The third-order valence-electron chi connectivity index (χ3n) is 3.25. The fourth-order valence-corrected chi connectivity index (χ4v) is 2.77. The maximum atomic E-state index is 11.0. The Morgan fingerprint density at radius 2 is 2.33 bits per heavy atom. The molecule has 0 amide bonds. The molecular weight excluding hydrogens is 290 g/mol. The number of nitrogens with one attached hydrogen (secondary N) is 1. The van der Waals surface area contributed by atoms with Crippen LogP contribution in [-0.4, -0.2) is 23.0 Å². The Morgan fingerprint density at radius 1 is 1.57 bits per heavy atom. The topological polar surface area (TPSA) is 97.3 Å². The molecule has 0 bridgehead atoms. The predicted molar refractivity (Wildman–Crippen MR) is 84.6 cm³/mol. The van der Waals surface area contributed by atoms with E-state index in [1.54, 1.807) is 11.3 Å². The molecule has 0 aliphatic carbocycles. The van der Waals surface area contributed by atoms with Crippen LogP contribution in [0.15, 0.2) is 29.6 Å². The van der Waals surface area contributed by atoms with Crippen LogP contribution in [0, 0.1) is 10.1 Å². The van der Waals surface area contributed by atoms with Crippen LogP contribution in [0.2, 0.25) is 0 Å². The van der Waals surface area contributed by atoms with Crippen LogP contribution in [0.25, 0.3) is 0 Å². The van der Waals surface area contributed by atoms with Crippen LogP contribution in [0.5, 0.6) is 0 Å². The second kappa shape index (κ2) is 6.51. The number of likely N-dealkylation sites (N-methyl/N-ethyl adjacent to an activating group) is 1. The lowest BCUT2D eigenvalue weighted by molar-refractivity contribution is -0.384. The summed E-state index contributed by atoms with van der Waals surface area (Å²) in [5, 5.41) is 13.0. The van der Waals surface area contributed by atoms with E-state index in [-0.39, 0.29) is 17.5 Å². The summed E-state index contributed by atoms with van der Waals surface area (Å²) < 4.78 is 0. The number of anilines is 2. The molecule has 112 valence electrons. The van der Waals surface area contributed by atoms with Crippen LogP contribution >= 0.6 is 11.3 Å². The number of hydrogen-bond acceptors (Lipinski definition) is 7. The third kappa shape index (κ3) is 3.67. The maximum Gasteiger partial charge on any atom is 0.276 e. The quantitative estimate of drug-likeness (QED) is 0.483. The van der Waals surface area contributed by atoms with Crippen LogP contribution in [0.1, 0.15) is 11.8 Å². The number of thiophene rings is 1.